The number of hydrogen-bond acceptors (Lipinski definition) is 2. The Morgan fingerprint density at radius 1 is 1.12 bits per heavy atom. The first-order chi connectivity index (χ1) is 12.2. The minimum absolute atomic E-state index is 0.0127. The molecule has 1 N–H and O–H groups in total. The highest BCUT2D eigenvalue weighted by Crippen LogP contribution is 2.45. The second-order valence-corrected chi connectivity index (χ2v) is 8.36. The van der Waals surface area contributed by atoms with E-state index in [9.17, 15) is 9.90 Å². The standard InChI is InChI=1S/C22H29NO2/c24-16-22(9-8-17-4-2-1-3-5-17)10-12-23(13-11-22)21(25)20-15-18-6-7-19(20)14-18/h1-7,18-20,24H,8-16H2/t18-,19+,20+/m1/s1. The van der Waals surface area contributed by atoms with Crippen LogP contribution >= 0.6 is 0 Å². The number of aliphatic hydroxyl groups is 1. The molecule has 134 valence electrons. The van der Waals surface area contributed by atoms with Crippen molar-refractivity contribution in [2.45, 2.75) is 38.5 Å². The van der Waals surface area contributed by atoms with Gasteiger partial charge in [0.2, 0.25) is 5.91 Å². The lowest BCUT2D eigenvalue weighted by Gasteiger charge is -2.42. The maximum absolute atomic E-state index is 12.9. The Morgan fingerprint density at radius 3 is 2.48 bits per heavy atom. The molecule has 3 nitrogen and oxygen atoms in total. The van der Waals surface area contributed by atoms with Crippen LogP contribution < -0.4 is 0 Å². The number of piperidine rings is 1. The molecule has 0 radical (unpaired) electrons. The van der Waals surface area contributed by atoms with Crippen LogP contribution in [0.5, 0.6) is 0 Å². The molecule has 25 heavy (non-hydrogen) atoms. The van der Waals surface area contributed by atoms with E-state index in [1.54, 1.807) is 0 Å². The van der Waals surface area contributed by atoms with Crippen molar-refractivity contribution in [1.29, 1.82) is 0 Å². The van der Waals surface area contributed by atoms with Crippen molar-refractivity contribution in [3.05, 3.63) is 48.0 Å². The predicted octanol–water partition coefficient (Wildman–Crippen LogP) is 3.43. The van der Waals surface area contributed by atoms with Crippen molar-refractivity contribution >= 4 is 5.91 Å². The molecule has 2 aliphatic carbocycles. The Bertz CT molecular complexity index is 631. The van der Waals surface area contributed by atoms with Crippen molar-refractivity contribution < 1.29 is 9.90 Å². The molecule has 1 aromatic carbocycles. The van der Waals surface area contributed by atoms with E-state index in [2.05, 4.69) is 41.3 Å². The molecule has 1 amide bonds. The Kier molecular flexibility index (Phi) is 4.68. The first-order valence-corrected chi connectivity index (χ1v) is 9.81. The molecule has 0 spiro atoms. The number of aliphatic hydroxyl groups excluding tert-OH is 1. The van der Waals surface area contributed by atoms with Crippen molar-refractivity contribution in [1.82, 2.24) is 4.90 Å². The lowest BCUT2D eigenvalue weighted by atomic mass is 9.74. The topological polar surface area (TPSA) is 40.5 Å². The Labute approximate surface area is 150 Å². The monoisotopic (exact) mass is 339 g/mol. The summed E-state index contributed by atoms with van der Waals surface area (Å²) >= 11 is 0. The van der Waals surface area contributed by atoms with Crippen molar-refractivity contribution in [2.24, 2.45) is 23.2 Å². The normalized spacial score (nSPS) is 30.0. The molecule has 1 aliphatic heterocycles. The summed E-state index contributed by atoms with van der Waals surface area (Å²) in [5, 5.41) is 10.0. The third-order valence-corrected chi connectivity index (χ3v) is 6.85. The minimum Gasteiger partial charge on any atom is -0.396 e. The van der Waals surface area contributed by atoms with Gasteiger partial charge in [0.15, 0.2) is 0 Å². The summed E-state index contributed by atoms with van der Waals surface area (Å²) in [5.74, 6) is 1.72. The third kappa shape index (κ3) is 3.39. The quantitative estimate of drug-likeness (QED) is 0.835. The molecule has 2 bridgehead atoms. The second-order valence-electron chi connectivity index (χ2n) is 8.36. The van der Waals surface area contributed by atoms with E-state index in [0.29, 0.717) is 17.7 Å². The number of nitrogens with zero attached hydrogens (tertiary/aromatic N) is 1. The fourth-order valence-electron chi connectivity index (χ4n) is 5.04. The highest BCUT2D eigenvalue weighted by molar-refractivity contribution is 5.80. The lowest BCUT2D eigenvalue weighted by molar-refractivity contribution is -0.139. The van der Waals surface area contributed by atoms with Gasteiger partial charge in [-0.15, -0.1) is 0 Å². The highest BCUT2D eigenvalue weighted by Gasteiger charge is 2.43. The molecule has 3 aliphatic rings. The van der Waals surface area contributed by atoms with Gasteiger partial charge in [0.1, 0.15) is 0 Å². The Morgan fingerprint density at radius 2 is 1.88 bits per heavy atom. The van der Waals surface area contributed by atoms with Gasteiger partial charge in [0.05, 0.1) is 0 Å². The fourth-order valence-corrected chi connectivity index (χ4v) is 5.04. The summed E-state index contributed by atoms with van der Waals surface area (Å²) in [4.78, 5) is 15.0. The first kappa shape index (κ1) is 16.8. The molecule has 3 atom stereocenters. The van der Waals surface area contributed by atoms with Crippen LogP contribution in [0.15, 0.2) is 42.5 Å². The zero-order valence-corrected chi connectivity index (χ0v) is 14.9. The maximum Gasteiger partial charge on any atom is 0.226 e. The molecule has 1 saturated heterocycles. The number of likely N-dealkylation sites (tertiary alicyclic amines) is 1. The molecule has 4 rings (SSSR count). The molecular weight excluding hydrogens is 310 g/mol. The molecular formula is C22H29NO2. The highest BCUT2D eigenvalue weighted by atomic mass is 16.3. The van der Waals surface area contributed by atoms with Gasteiger partial charge in [0.25, 0.3) is 0 Å². The van der Waals surface area contributed by atoms with Gasteiger partial charge < -0.3 is 10.0 Å². The number of carbonyl (C=O) groups is 1. The summed E-state index contributed by atoms with van der Waals surface area (Å²) in [5.41, 5.74) is 1.32. The van der Waals surface area contributed by atoms with E-state index >= 15 is 0 Å². The Hall–Kier alpha value is -1.61. The first-order valence-electron chi connectivity index (χ1n) is 9.81. The molecule has 2 fully saturated rings. The fraction of sp³-hybridized carbons (Fsp3) is 0.591. The third-order valence-electron chi connectivity index (χ3n) is 6.85. The number of allylic oxidation sites excluding steroid dienone is 2. The number of fused-ring (bicyclic) bond motifs is 2. The van der Waals surface area contributed by atoms with E-state index < -0.39 is 0 Å². The molecule has 1 aromatic rings. The zero-order valence-electron chi connectivity index (χ0n) is 14.9. The lowest BCUT2D eigenvalue weighted by Crippen LogP contribution is -2.47. The van der Waals surface area contributed by atoms with Gasteiger partial charge in [-0.1, -0.05) is 42.5 Å². The van der Waals surface area contributed by atoms with Gasteiger partial charge in [-0.25, -0.2) is 0 Å². The van der Waals surface area contributed by atoms with Crippen LogP contribution in [0.4, 0.5) is 0 Å². The van der Waals surface area contributed by atoms with E-state index in [1.165, 1.54) is 12.0 Å². The summed E-state index contributed by atoms with van der Waals surface area (Å²) in [6.07, 6.45) is 10.7. The van der Waals surface area contributed by atoms with Crippen molar-refractivity contribution in [3.8, 4) is 0 Å². The average molecular weight is 339 g/mol. The molecule has 1 heterocycles. The van der Waals surface area contributed by atoms with Gasteiger partial charge in [0, 0.05) is 25.6 Å². The van der Waals surface area contributed by atoms with E-state index in [0.717, 1.165) is 45.2 Å². The SMILES string of the molecule is O=C([C@H]1C[C@@H]2C=C[C@H]1C2)N1CCC(CO)(CCc2ccccc2)CC1. The average Bonchev–Trinajstić information content (AvgIpc) is 3.31. The van der Waals surface area contributed by atoms with Crippen LogP contribution in [0.2, 0.25) is 0 Å². The van der Waals surface area contributed by atoms with Crippen LogP contribution in [0.3, 0.4) is 0 Å². The number of benzene rings is 1. The van der Waals surface area contributed by atoms with Gasteiger partial charge in [-0.2, -0.15) is 0 Å². The second kappa shape index (κ2) is 6.95. The predicted molar refractivity (Wildman–Crippen MR) is 98.9 cm³/mol. The number of amides is 1. The Balaban J connectivity index is 1.33. The van der Waals surface area contributed by atoms with E-state index in [1.807, 2.05) is 6.07 Å². The molecule has 0 unspecified atom stereocenters. The smallest absolute Gasteiger partial charge is 0.226 e. The number of rotatable bonds is 5. The van der Waals surface area contributed by atoms with Crippen molar-refractivity contribution in [2.75, 3.05) is 19.7 Å². The van der Waals surface area contributed by atoms with Crippen LogP contribution in [-0.2, 0) is 11.2 Å². The summed E-state index contributed by atoms with van der Waals surface area (Å²) < 4.78 is 0. The van der Waals surface area contributed by atoms with Crippen molar-refractivity contribution in [3.63, 3.8) is 0 Å². The van der Waals surface area contributed by atoms with E-state index in [-0.39, 0.29) is 17.9 Å². The van der Waals surface area contributed by atoms with Crippen LogP contribution in [0.1, 0.15) is 37.7 Å². The molecule has 3 heteroatoms. The van der Waals surface area contributed by atoms with Crippen LogP contribution in [-0.4, -0.2) is 35.6 Å². The summed E-state index contributed by atoms with van der Waals surface area (Å²) in [6, 6.07) is 10.5. The molecule has 0 aromatic heterocycles. The summed E-state index contributed by atoms with van der Waals surface area (Å²) in [6.45, 7) is 1.86. The summed E-state index contributed by atoms with van der Waals surface area (Å²) in [7, 11) is 0. The van der Waals surface area contributed by atoms with Gasteiger partial charge >= 0.3 is 0 Å². The maximum atomic E-state index is 12.9. The van der Waals surface area contributed by atoms with E-state index in [4.69, 9.17) is 0 Å². The van der Waals surface area contributed by atoms with Gasteiger partial charge in [-0.05, 0) is 61.3 Å². The number of hydrogen-bond donors (Lipinski definition) is 1. The largest absolute Gasteiger partial charge is 0.396 e. The van der Waals surface area contributed by atoms with Crippen LogP contribution in [0, 0.1) is 23.2 Å². The number of carbonyl (C=O) groups excluding carboxylic acids is 1. The number of aryl methyl sites for hydroxylation is 1. The zero-order chi connectivity index (χ0) is 17.3. The molecule has 1 saturated carbocycles. The van der Waals surface area contributed by atoms with Gasteiger partial charge in [-0.3, -0.25) is 4.79 Å². The van der Waals surface area contributed by atoms with Crippen LogP contribution in [0.25, 0.3) is 0 Å². The minimum atomic E-state index is -0.0127.